The predicted molar refractivity (Wildman–Crippen MR) is 110 cm³/mol. The van der Waals surface area contributed by atoms with Crippen LogP contribution in [-0.2, 0) is 30.5 Å². The third-order valence-electron chi connectivity index (χ3n) is 4.65. The van der Waals surface area contributed by atoms with Gasteiger partial charge in [0.2, 0.25) is 10.0 Å². The highest BCUT2D eigenvalue weighted by Gasteiger charge is 2.31. The number of rotatable bonds is 8. The standard InChI is InChI=1S/C21H23F3N2O5S/c1-13-7-8-16(9-14(13)2)15(3)26-19(27)12-31-20(28)11-25-32(29,30)18-6-4-5-17(10-18)21(22,23)24/h4-10,15,25H,11-12H2,1-3H3,(H,26,27). The van der Waals surface area contributed by atoms with Gasteiger partial charge in [-0.3, -0.25) is 9.59 Å². The smallest absolute Gasteiger partial charge is 0.416 e. The Bertz CT molecular complexity index is 1100. The summed E-state index contributed by atoms with van der Waals surface area (Å²) in [6, 6.07) is 8.45. The van der Waals surface area contributed by atoms with E-state index in [0.717, 1.165) is 34.9 Å². The minimum absolute atomic E-state index is 0.347. The molecule has 2 N–H and O–H groups in total. The first-order valence-electron chi connectivity index (χ1n) is 9.48. The molecule has 0 fully saturated rings. The van der Waals surface area contributed by atoms with Crippen molar-refractivity contribution < 1.29 is 35.9 Å². The van der Waals surface area contributed by atoms with E-state index in [2.05, 4.69) is 5.32 Å². The van der Waals surface area contributed by atoms with Crippen molar-refractivity contribution >= 4 is 21.9 Å². The molecule has 0 aliphatic rings. The Kier molecular flexibility index (Phi) is 8.02. The lowest BCUT2D eigenvalue weighted by molar-refractivity contribution is -0.147. The summed E-state index contributed by atoms with van der Waals surface area (Å²) in [4.78, 5) is 23.1. The Morgan fingerprint density at radius 2 is 1.75 bits per heavy atom. The molecule has 0 saturated carbocycles. The maximum absolute atomic E-state index is 12.8. The van der Waals surface area contributed by atoms with Crippen LogP contribution in [0.2, 0.25) is 0 Å². The minimum Gasteiger partial charge on any atom is -0.455 e. The van der Waals surface area contributed by atoms with Crippen LogP contribution in [-0.4, -0.2) is 33.4 Å². The molecular formula is C21H23F3N2O5S. The molecular weight excluding hydrogens is 449 g/mol. The van der Waals surface area contributed by atoms with Gasteiger partial charge < -0.3 is 10.1 Å². The lowest BCUT2D eigenvalue weighted by Gasteiger charge is -2.16. The summed E-state index contributed by atoms with van der Waals surface area (Å²) in [5.41, 5.74) is 1.89. The molecule has 1 unspecified atom stereocenters. The molecule has 0 saturated heterocycles. The largest absolute Gasteiger partial charge is 0.455 e. The second kappa shape index (κ2) is 10.1. The summed E-state index contributed by atoms with van der Waals surface area (Å²) < 4.78 is 69.1. The van der Waals surface area contributed by atoms with E-state index in [-0.39, 0.29) is 6.04 Å². The fraction of sp³-hybridized carbons (Fsp3) is 0.333. The van der Waals surface area contributed by atoms with E-state index in [9.17, 15) is 31.2 Å². The van der Waals surface area contributed by atoms with Crippen molar-refractivity contribution in [2.24, 2.45) is 0 Å². The third kappa shape index (κ3) is 7.06. The zero-order valence-electron chi connectivity index (χ0n) is 17.6. The number of ether oxygens (including phenoxy) is 1. The summed E-state index contributed by atoms with van der Waals surface area (Å²) in [6.07, 6.45) is -4.72. The molecule has 0 bridgehead atoms. The number of halogens is 3. The molecule has 11 heteroatoms. The Labute approximate surface area is 184 Å². The number of esters is 1. The number of hydrogen-bond donors (Lipinski definition) is 2. The molecule has 0 aliphatic carbocycles. The Balaban J connectivity index is 1.86. The topological polar surface area (TPSA) is 102 Å². The van der Waals surface area contributed by atoms with Gasteiger partial charge in [0.1, 0.15) is 6.54 Å². The zero-order chi connectivity index (χ0) is 24.1. The van der Waals surface area contributed by atoms with Crippen LogP contribution in [0.3, 0.4) is 0 Å². The van der Waals surface area contributed by atoms with Crippen LogP contribution in [0, 0.1) is 13.8 Å². The third-order valence-corrected chi connectivity index (χ3v) is 6.05. The van der Waals surface area contributed by atoms with Crippen LogP contribution in [0.4, 0.5) is 13.2 Å². The average Bonchev–Trinajstić information content (AvgIpc) is 2.72. The first-order chi connectivity index (χ1) is 14.8. The molecule has 32 heavy (non-hydrogen) atoms. The highest BCUT2D eigenvalue weighted by molar-refractivity contribution is 7.89. The number of nitrogens with one attached hydrogen (secondary N) is 2. The number of amides is 1. The quantitative estimate of drug-likeness (QED) is 0.575. The fourth-order valence-corrected chi connectivity index (χ4v) is 3.69. The van der Waals surface area contributed by atoms with Crippen LogP contribution >= 0.6 is 0 Å². The van der Waals surface area contributed by atoms with Gasteiger partial charge in [-0.2, -0.15) is 17.9 Å². The SMILES string of the molecule is Cc1ccc(C(C)NC(=O)COC(=O)CNS(=O)(=O)c2cccc(C(F)(F)F)c2)cc1C. The molecule has 0 aliphatic heterocycles. The van der Waals surface area contributed by atoms with Crippen molar-refractivity contribution in [3.63, 3.8) is 0 Å². The highest BCUT2D eigenvalue weighted by atomic mass is 32.2. The first-order valence-corrected chi connectivity index (χ1v) is 11.0. The maximum Gasteiger partial charge on any atom is 0.416 e. The summed E-state index contributed by atoms with van der Waals surface area (Å²) in [6.45, 7) is 4.17. The van der Waals surface area contributed by atoms with E-state index in [1.54, 1.807) is 6.92 Å². The first kappa shape index (κ1) is 25.3. The molecule has 174 valence electrons. The number of aryl methyl sites for hydroxylation is 2. The van der Waals surface area contributed by atoms with Gasteiger partial charge in [0, 0.05) is 0 Å². The average molecular weight is 472 g/mol. The molecule has 0 heterocycles. The van der Waals surface area contributed by atoms with Crippen LogP contribution in [0.1, 0.15) is 35.2 Å². The summed E-state index contributed by atoms with van der Waals surface area (Å²) >= 11 is 0. The van der Waals surface area contributed by atoms with E-state index in [1.807, 2.05) is 36.8 Å². The van der Waals surface area contributed by atoms with Gasteiger partial charge in [-0.15, -0.1) is 0 Å². The molecule has 0 spiro atoms. The Hall–Kier alpha value is -2.92. The van der Waals surface area contributed by atoms with Gasteiger partial charge in [0.25, 0.3) is 5.91 Å². The molecule has 0 aromatic heterocycles. The zero-order valence-corrected chi connectivity index (χ0v) is 18.4. The fourth-order valence-electron chi connectivity index (χ4n) is 2.67. The van der Waals surface area contributed by atoms with Crippen LogP contribution in [0.15, 0.2) is 47.4 Å². The van der Waals surface area contributed by atoms with Crippen molar-refractivity contribution in [3.8, 4) is 0 Å². The Morgan fingerprint density at radius 3 is 2.38 bits per heavy atom. The van der Waals surface area contributed by atoms with Crippen molar-refractivity contribution in [1.82, 2.24) is 10.0 Å². The second-order valence-corrected chi connectivity index (χ2v) is 8.91. The molecule has 0 radical (unpaired) electrons. The van der Waals surface area contributed by atoms with Crippen molar-refractivity contribution in [3.05, 3.63) is 64.7 Å². The monoisotopic (exact) mass is 472 g/mol. The van der Waals surface area contributed by atoms with E-state index in [1.165, 1.54) is 0 Å². The van der Waals surface area contributed by atoms with Gasteiger partial charge in [-0.25, -0.2) is 8.42 Å². The summed E-state index contributed by atoms with van der Waals surface area (Å²) in [5, 5.41) is 2.66. The molecule has 1 atom stereocenters. The summed E-state index contributed by atoms with van der Waals surface area (Å²) in [5.74, 6) is -1.65. The van der Waals surface area contributed by atoms with E-state index in [4.69, 9.17) is 4.74 Å². The van der Waals surface area contributed by atoms with E-state index >= 15 is 0 Å². The van der Waals surface area contributed by atoms with Crippen molar-refractivity contribution in [2.75, 3.05) is 13.2 Å². The molecule has 2 aromatic rings. The minimum atomic E-state index is -4.72. The molecule has 7 nitrogen and oxygen atoms in total. The molecule has 1 amide bonds. The van der Waals surface area contributed by atoms with E-state index < -0.39 is 51.7 Å². The van der Waals surface area contributed by atoms with Crippen molar-refractivity contribution in [1.29, 1.82) is 0 Å². The maximum atomic E-state index is 12.8. The number of sulfonamides is 1. The van der Waals surface area contributed by atoms with Crippen LogP contribution in [0.25, 0.3) is 0 Å². The Morgan fingerprint density at radius 1 is 1.06 bits per heavy atom. The number of benzene rings is 2. The summed E-state index contributed by atoms with van der Waals surface area (Å²) in [7, 11) is -4.39. The number of alkyl halides is 3. The molecule has 2 rings (SSSR count). The molecule has 2 aromatic carbocycles. The predicted octanol–water partition coefficient (Wildman–Crippen LogP) is 3.02. The van der Waals surface area contributed by atoms with Gasteiger partial charge in [0.15, 0.2) is 6.61 Å². The second-order valence-electron chi connectivity index (χ2n) is 7.14. The number of carbonyl (C=O) groups excluding carboxylic acids is 2. The van der Waals surface area contributed by atoms with E-state index in [0.29, 0.717) is 6.07 Å². The lowest BCUT2D eigenvalue weighted by atomic mass is 10.0. The van der Waals surface area contributed by atoms with Gasteiger partial charge in [0.05, 0.1) is 16.5 Å². The highest BCUT2D eigenvalue weighted by Crippen LogP contribution is 2.30. The van der Waals surface area contributed by atoms with Gasteiger partial charge in [-0.05, 0) is 55.7 Å². The van der Waals surface area contributed by atoms with Crippen LogP contribution in [0.5, 0.6) is 0 Å². The van der Waals surface area contributed by atoms with Gasteiger partial charge >= 0.3 is 12.1 Å². The van der Waals surface area contributed by atoms with Gasteiger partial charge in [-0.1, -0.05) is 24.3 Å². The lowest BCUT2D eigenvalue weighted by Crippen LogP contribution is -2.34. The number of hydrogen-bond acceptors (Lipinski definition) is 5. The number of carbonyl (C=O) groups is 2. The van der Waals surface area contributed by atoms with Crippen molar-refractivity contribution in [2.45, 2.75) is 37.9 Å². The van der Waals surface area contributed by atoms with Crippen LogP contribution < -0.4 is 10.0 Å². The normalized spacial score (nSPS) is 12.8.